The smallest absolute Gasteiger partial charge is 0.0932 e. The monoisotopic (exact) mass is 272 g/mol. The Labute approximate surface area is 115 Å². The van der Waals surface area contributed by atoms with E-state index < -0.39 is 5.54 Å². The predicted octanol–water partition coefficient (Wildman–Crippen LogP) is 3.23. The minimum Gasteiger partial charge on any atom is -0.374 e. The highest BCUT2D eigenvalue weighted by atomic mass is 35.5. The van der Waals surface area contributed by atoms with E-state index in [1.54, 1.807) is 0 Å². The van der Waals surface area contributed by atoms with Crippen LogP contribution in [0.3, 0.4) is 0 Å². The maximum atomic E-state index is 10.3. The van der Waals surface area contributed by atoms with E-state index in [2.05, 4.69) is 11.0 Å². The van der Waals surface area contributed by atoms with Gasteiger partial charge in [-0.25, -0.2) is 0 Å². The molecule has 1 unspecified atom stereocenters. The summed E-state index contributed by atoms with van der Waals surface area (Å²) in [6, 6.07) is 0. The molecule has 0 bridgehead atoms. The molecule has 2 heterocycles. The molecule has 2 rings (SSSR count). The number of halogens is 1. The molecule has 0 aromatic heterocycles. The maximum absolute atomic E-state index is 10.3. The van der Waals surface area contributed by atoms with Crippen LogP contribution >= 0.6 is 11.6 Å². The molecule has 0 aliphatic carbocycles. The highest BCUT2D eigenvalue weighted by molar-refractivity contribution is 6.23. The normalized spacial score (nSPS) is 32.2. The molecule has 1 N–H and O–H groups in total. The maximum Gasteiger partial charge on any atom is 0.0932 e. The molecule has 0 spiro atoms. The first-order chi connectivity index (χ1) is 8.27. The molecule has 18 heavy (non-hydrogen) atoms. The fourth-order valence-corrected chi connectivity index (χ4v) is 3.41. The SMILES string of the molecule is CC1(C)C=C(N2CCCCC2)C(Cl)C(C)(C)N1O. The van der Waals surface area contributed by atoms with E-state index in [4.69, 9.17) is 11.6 Å². The van der Waals surface area contributed by atoms with Crippen LogP contribution < -0.4 is 0 Å². The minimum absolute atomic E-state index is 0.173. The van der Waals surface area contributed by atoms with Crippen LogP contribution in [0.4, 0.5) is 0 Å². The van der Waals surface area contributed by atoms with Crippen molar-refractivity contribution in [1.82, 2.24) is 9.96 Å². The van der Waals surface area contributed by atoms with E-state index in [1.165, 1.54) is 30.0 Å². The van der Waals surface area contributed by atoms with Crippen molar-refractivity contribution in [2.75, 3.05) is 13.1 Å². The van der Waals surface area contributed by atoms with Gasteiger partial charge in [-0.05, 0) is 53.0 Å². The fraction of sp³-hybridized carbons (Fsp3) is 0.857. The molecule has 2 aliphatic heterocycles. The van der Waals surface area contributed by atoms with E-state index in [0.29, 0.717) is 0 Å². The lowest BCUT2D eigenvalue weighted by Crippen LogP contribution is -2.62. The Morgan fingerprint density at radius 2 is 1.72 bits per heavy atom. The fourth-order valence-electron chi connectivity index (χ4n) is 3.11. The van der Waals surface area contributed by atoms with Crippen molar-refractivity contribution in [2.24, 2.45) is 0 Å². The molecule has 104 valence electrons. The largest absolute Gasteiger partial charge is 0.374 e. The van der Waals surface area contributed by atoms with Crippen LogP contribution in [0.2, 0.25) is 0 Å². The Morgan fingerprint density at radius 1 is 1.17 bits per heavy atom. The molecule has 0 saturated carbocycles. The van der Waals surface area contributed by atoms with Crippen LogP contribution in [0.25, 0.3) is 0 Å². The number of likely N-dealkylation sites (tertiary alicyclic amines) is 1. The Kier molecular flexibility index (Phi) is 3.69. The van der Waals surface area contributed by atoms with Crippen LogP contribution in [-0.4, -0.2) is 44.7 Å². The molecule has 0 amide bonds. The number of piperidine rings is 1. The van der Waals surface area contributed by atoms with Gasteiger partial charge in [-0.15, -0.1) is 11.6 Å². The summed E-state index contributed by atoms with van der Waals surface area (Å²) in [5, 5.41) is 11.6. The molecular formula is C14H25ClN2O. The van der Waals surface area contributed by atoms with Crippen LogP contribution in [0.5, 0.6) is 0 Å². The van der Waals surface area contributed by atoms with Crippen molar-refractivity contribution in [1.29, 1.82) is 0 Å². The van der Waals surface area contributed by atoms with E-state index in [9.17, 15) is 5.21 Å². The molecule has 0 radical (unpaired) electrons. The molecule has 1 saturated heterocycles. The summed E-state index contributed by atoms with van der Waals surface area (Å²) in [6.45, 7) is 10.2. The summed E-state index contributed by atoms with van der Waals surface area (Å²) in [5.74, 6) is 0. The molecule has 1 fully saturated rings. The van der Waals surface area contributed by atoms with Crippen molar-refractivity contribution >= 4 is 11.6 Å². The lowest BCUT2D eigenvalue weighted by atomic mass is 9.84. The van der Waals surface area contributed by atoms with Crippen molar-refractivity contribution < 1.29 is 5.21 Å². The van der Waals surface area contributed by atoms with Gasteiger partial charge in [0.15, 0.2) is 0 Å². The lowest BCUT2D eigenvalue weighted by Gasteiger charge is -2.52. The molecule has 3 nitrogen and oxygen atoms in total. The molecule has 0 aromatic carbocycles. The molecule has 4 heteroatoms. The standard InChI is InChI=1S/C14H25ClN2O/c1-13(2)10-11(16-8-6-5-7-9-16)12(15)14(3,4)17(13)18/h10,12,18H,5-9H2,1-4H3. The van der Waals surface area contributed by atoms with E-state index >= 15 is 0 Å². The van der Waals surface area contributed by atoms with Gasteiger partial charge in [0.05, 0.1) is 16.5 Å². The van der Waals surface area contributed by atoms with Gasteiger partial charge in [-0.1, -0.05) is 0 Å². The Hall–Kier alpha value is -0.250. The van der Waals surface area contributed by atoms with E-state index in [1.807, 2.05) is 27.7 Å². The van der Waals surface area contributed by atoms with Crippen LogP contribution in [0.1, 0.15) is 47.0 Å². The van der Waals surface area contributed by atoms with Crippen LogP contribution in [0.15, 0.2) is 11.8 Å². The van der Waals surface area contributed by atoms with Gasteiger partial charge in [0.2, 0.25) is 0 Å². The number of nitrogens with zero attached hydrogens (tertiary/aromatic N) is 2. The van der Waals surface area contributed by atoms with Crippen molar-refractivity contribution in [3.05, 3.63) is 11.8 Å². The third-order valence-corrected chi connectivity index (χ3v) is 4.95. The quantitative estimate of drug-likeness (QED) is 0.743. The summed E-state index contributed by atoms with van der Waals surface area (Å²) in [5.41, 5.74) is 0.366. The zero-order valence-corrected chi connectivity index (χ0v) is 12.7. The second-order valence-electron chi connectivity index (χ2n) is 6.60. The lowest BCUT2D eigenvalue weighted by molar-refractivity contribution is -0.214. The summed E-state index contributed by atoms with van der Waals surface area (Å²) >= 11 is 6.62. The summed E-state index contributed by atoms with van der Waals surface area (Å²) in [6.07, 6.45) is 5.92. The average Bonchev–Trinajstić information content (AvgIpc) is 2.34. The van der Waals surface area contributed by atoms with Gasteiger partial charge in [0.25, 0.3) is 0 Å². The molecular weight excluding hydrogens is 248 g/mol. The third-order valence-electron chi connectivity index (χ3n) is 4.19. The van der Waals surface area contributed by atoms with E-state index in [0.717, 1.165) is 13.1 Å². The molecule has 2 aliphatic rings. The topological polar surface area (TPSA) is 26.7 Å². The van der Waals surface area contributed by atoms with Crippen molar-refractivity contribution in [3.63, 3.8) is 0 Å². The van der Waals surface area contributed by atoms with Gasteiger partial charge in [0, 0.05) is 18.8 Å². The first kappa shape index (κ1) is 14.2. The second-order valence-corrected chi connectivity index (χ2v) is 7.04. The average molecular weight is 273 g/mol. The predicted molar refractivity (Wildman–Crippen MR) is 74.9 cm³/mol. The highest BCUT2D eigenvalue weighted by Gasteiger charge is 2.48. The number of hydrogen-bond acceptors (Lipinski definition) is 3. The molecule has 1 atom stereocenters. The van der Waals surface area contributed by atoms with Gasteiger partial charge >= 0.3 is 0 Å². The van der Waals surface area contributed by atoms with Gasteiger partial charge < -0.3 is 10.1 Å². The Morgan fingerprint density at radius 3 is 2.28 bits per heavy atom. The molecule has 0 aromatic rings. The minimum atomic E-state index is -0.452. The van der Waals surface area contributed by atoms with Gasteiger partial charge in [0.1, 0.15) is 0 Å². The van der Waals surface area contributed by atoms with Gasteiger partial charge in [-0.2, -0.15) is 5.06 Å². The Bertz CT molecular complexity index is 346. The zero-order chi connectivity index (χ0) is 13.6. The van der Waals surface area contributed by atoms with Crippen molar-refractivity contribution in [2.45, 2.75) is 63.4 Å². The first-order valence-electron chi connectivity index (χ1n) is 6.88. The third kappa shape index (κ3) is 2.28. The second kappa shape index (κ2) is 4.69. The summed E-state index contributed by atoms with van der Waals surface area (Å²) < 4.78 is 0. The highest BCUT2D eigenvalue weighted by Crippen LogP contribution is 2.40. The van der Waals surface area contributed by atoms with E-state index in [-0.39, 0.29) is 10.9 Å². The number of alkyl halides is 1. The van der Waals surface area contributed by atoms with Gasteiger partial charge in [-0.3, -0.25) is 0 Å². The van der Waals surface area contributed by atoms with Crippen LogP contribution in [-0.2, 0) is 0 Å². The summed E-state index contributed by atoms with van der Waals surface area (Å²) in [4.78, 5) is 2.40. The first-order valence-corrected chi connectivity index (χ1v) is 7.31. The zero-order valence-electron chi connectivity index (χ0n) is 11.9. The summed E-state index contributed by atoms with van der Waals surface area (Å²) in [7, 11) is 0. The number of hydroxylamine groups is 2. The Balaban J connectivity index is 2.33. The number of rotatable bonds is 1. The van der Waals surface area contributed by atoms with Crippen molar-refractivity contribution in [3.8, 4) is 0 Å². The van der Waals surface area contributed by atoms with Crippen LogP contribution in [0, 0.1) is 0 Å². The number of hydrogen-bond donors (Lipinski definition) is 1.